The van der Waals surface area contributed by atoms with Gasteiger partial charge in [0.2, 0.25) is 0 Å². The van der Waals surface area contributed by atoms with E-state index in [1.54, 1.807) is 24.3 Å². The van der Waals surface area contributed by atoms with Crippen molar-refractivity contribution in [1.82, 2.24) is 0 Å². The van der Waals surface area contributed by atoms with E-state index < -0.39 is 6.04 Å². The number of nitrogens with zero attached hydrogens (tertiary/aromatic N) is 1. The zero-order valence-corrected chi connectivity index (χ0v) is 12.0. The first-order valence-electron chi connectivity index (χ1n) is 6.55. The van der Waals surface area contributed by atoms with Crippen LogP contribution >= 0.6 is 0 Å². The maximum Gasteiger partial charge on any atom is 0.337 e. The van der Waals surface area contributed by atoms with Crippen molar-refractivity contribution >= 4 is 11.7 Å². The zero-order valence-electron chi connectivity index (χ0n) is 12.0. The van der Waals surface area contributed by atoms with Crippen LogP contribution in [-0.4, -0.2) is 13.1 Å². The predicted octanol–water partition coefficient (Wildman–Crippen LogP) is 3.46. The van der Waals surface area contributed by atoms with E-state index in [0.717, 1.165) is 16.8 Å². The summed E-state index contributed by atoms with van der Waals surface area (Å²) in [7, 11) is 1.34. The zero-order chi connectivity index (χ0) is 15.2. The van der Waals surface area contributed by atoms with E-state index in [-0.39, 0.29) is 5.97 Å². The second-order valence-corrected chi connectivity index (χ2v) is 4.69. The molecule has 0 fully saturated rings. The lowest BCUT2D eigenvalue weighted by atomic mass is 10.1. The van der Waals surface area contributed by atoms with Crippen molar-refractivity contribution in [3.05, 3.63) is 65.2 Å². The minimum atomic E-state index is -0.474. The summed E-state index contributed by atoms with van der Waals surface area (Å²) in [6.45, 7) is 2.00. The van der Waals surface area contributed by atoms with Crippen LogP contribution in [0.15, 0.2) is 48.5 Å². The van der Waals surface area contributed by atoms with Crippen LogP contribution in [0.25, 0.3) is 0 Å². The monoisotopic (exact) mass is 280 g/mol. The van der Waals surface area contributed by atoms with Gasteiger partial charge in [-0.05, 0) is 42.3 Å². The molecule has 2 aromatic carbocycles. The van der Waals surface area contributed by atoms with Gasteiger partial charge in [0.15, 0.2) is 0 Å². The maximum atomic E-state index is 11.4. The number of rotatable bonds is 4. The highest BCUT2D eigenvalue weighted by atomic mass is 16.5. The molecular formula is C17H16N2O2. The first-order valence-corrected chi connectivity index (χ1v) is 6.55. The Hall–Kier alpha value is -2.80. The van der Waals surface area contributed by atoms with Gasteiger partial charge in [0.05, 0.1) is 18.7 Å². The molecule has 0 saturated heterocycles. The van der Waals surface area contributed by atoms with Gasteiger partial charge in [0.25, 0.3) is 0 Å². The summed E-state index contributed by atoms with van der Waals surface area (Å²) in [6.07, 6.45) is 0. The Kier molecular flexibility index (Phi) is 4.57. The minimum Gasteiger partial charge on any atom is -0.465 e. The molecule has 4 heteroatoms. The van der Waals surface area contributed by atoms with Crippen molar-refractivity contribution in [2.45, 2.75) is 13.0 Å². The van der Waals surface area contributed by atoms with Crippen molar-refractivity contribution in [2.75, 3.05) is 12.4 Å². The van der Waals surface area contributed by atoms with Crippen molar-refractivity contribution in [2.24, 2.45) is 0 Å². The first-order chi connectivity index (χ1) is 10.1. The lowest BCUT2D eigenvalue weighted by Gasteiger charge is -2.14. The number of aryl methyl sites for hydroxylation is 1. The number of hydrogen-bond donors (Lipinski definition) is 1. The van der Waals surface area contributed by atoms with Gasteiger partial charge in [-0.2, -0.15) is 5.26 Å². The number of esters is 1. The number of benzene rings is 2. The van der Waals surface area contributed by atoms with E-state index in [2.05, 4.69) is 16.1 Å². The van der Waals surface area contributed by atoms with Crippen molar-refractivity contribution < 1.29 is 9.53 Å². The van der Waals surface area contributed by atoms with E-state index in [1.807, 2.05) is 31.2 Å². The average Bonchev–Trinajstić information content (AvgIpc) is 2.52. The summed E-state index contributed by atoms with van der Waals surface area (Å²) in [4.78, 5) is 11.4. The molecule has 0 aromatic heterocycles. The number of anilines is 1. The Morgan fingerprint density at radius 3 is 2.52 bits per heavy atom. The van der Waals surface area contributed by atoms with E-state index >= 15 is 0 Å². The average molecular weight is 280 g/mol. The molecule has 0 aliphatic carbocycles. The Labute approximate surface area is 124 Å². The summed E-state index contributed by atoms with van der Waals surface area (Å²) in [5.41, 5.74) is 3.27. The molecule has 2 aromatic rings. The standard InChI is InChI=1S/C17H16N2O2/c1-12-4-3-5-15(10-12)19-16(11-18)13-6-8-14(9-7-13)17(20)21-2/h3-10,16,19H,1-2H3. The Morgan fingerprint density at radius 1 is 1.24 bits per heavy atom. The molecule has 1 atom stereocenters. The second-order valence-electron chi connectivity index (χ2n) is 4.69. The highest BCUT2D eigenvalue weighted by Crippen LogP contribution is 2.20. The van der Waals surface area contributed by atoms with E-state index in [0.29, 0.717) is 5.56 Å². The van der Waals surface area contributed by atoms with Crippen LogP contribution in [0.3, 0.4) is 0 Å². The molecular weight excluding hydrogens is 264 g/mol. The fraction of sp³-hybridized carbons (Fsp3) is 0.176. The molecule has 1 N–H and O–H groups in total. The SMILES string of the molecule is COC(=O)c1ccc(C(C#N)Nc2cccc(C)c2)cc1. The number of nitrogens with one attached hydrogen (secondary N) is 1. The van der Waals surface area contributed by atoms with Crippen LogP contribution < -0.4 is 5.32 Å². The number of carbonyl (C=O) groups is 1. The molecule has 2 rings (SSSR count). The number of ether oxygens (including phenoxy) is 1. The Balaban J connectivity index is 2.18. The van der Waals surface area contributed by atoms with E-state index in [4.69, 9.17) is 0 Å². The fourth-order valence-corrected chi connectivity index (χ4v) is 2.02. The van der Waals surface area contributed by atoms with Crippen molar-refractivity contribution in [1.29, 1.82) is 5.26 Å². The summed E-state index contributed by atoms with van der Waals surface area (Å²) in [6, 6.07) is 16.4. The van der Waals surface area contributed by atoms with E-state index in [1.165, 1.54) is 7.11 Å². The van der Waals surface area contributed by atoms with Gasteiger partial charge < -0.3 is 10.1 Å². The largest absolute Gasteiger partial charge is 0.465 e. The minimum absolute atomic E-state index is 0.387. The van der Waals surface area contributed by atoms with Crippen LogP contribution in [0.5, 0.6) is 0 Å². The van der Waals surface area contributed by atoms with Gasteiger partial charge in [-0.3, -0.25) is 0 Å². The smallest absolute Gasteiger partial charge is 0.337 e. The third-order valence-corrected chi connectivity index (χ3v) is 3.12. The summed E-state index contributed by atoms with van der Waals surface area (Å²) >= 11 is 0. The van der Waals surface area contributed by atoms with E-state index in [9.17, 15) is 10.1 Å². The topological polar surface area (TPSA) is 62.1 Å². The van der Waals surface area contributed by atoms with Crippen LogP contribution in [-0.2, 0) is 4.74 Å². The number of hydrogen-bond acceptors (Lipinski definition) is 4. The first kappa shape index (κ1) is 14.6. The third kappa shape index (κ3) is 3.61. The summed E-state index contributed by atoms with van der Waals surface area (Å²) in [5, 5.41) is 12.5. The molecule has 0 heterocycles. The molecule has 0 bridgehead atoms. The van der Waals surface area contributed by atoms with Gasteiger partial charge >= 0.3 is 5.97 Å². The second kappa shape index (κ2) is 6.58. The molecule has 1 unspecified atom stereocenters. The molecule has 0 aliphatic rings. The maximum absolute atomic E-state index is 11.4. The summed E-state index contributed by atoms with van der Waals surface area (Å²) in [5.74, 6) is -0.387. The lowest BCUT2D eigenvalue weighted by Crippen LogP contribution is -2.09. The highest BCUT2D eigenvalue weighted by Gasteiger charge is 2.12. The number of nitriles is 1. The number of methoxy groups -OCH3 is 1. The van der Waals surface area contributed by atoms with Crippen LogP contribution in [0.2, 0.25) is 0 Å². The van der Waals surface area contributed by atoms with Gasteiger partial charge in [-0.25, -0.2) is 4.79 Å². The lowest BCUT2D eigenvalue weighted by molar-refractivity contribution is 0.0600. The van der Waals surface area contributed by atoms with Crippen LogP contribution in [0.4, 0.5) is 5.69 Å². The molecule has 0 amide bonds. The molecule has 0 radical (unpaired) electrons. The van der Waals surface area contributed by atoms with Crippen LogP contribution in [0, 0.1) is 18.3 Å². The predicted molar refractivity (Wildman–Crippen MR) is 80.9 cm³/mol. The number of carbonyl (C=O) groups excluding carboxylic acids is 1. The third-order valence-electron chi connectivity index (χ3n) is 3.12. The quantitative estimate of drug-likeness (QED) is 0.871. The Bertz CT molecular complexity index is 672. The molecule has 0 saturated carbocycles. The van der Waals surface area contributed by atoms with Gasteiger partial charge in [-0.1, -0.05) is 24.3 Å². The Morgan fingerprint density at radius 2 is 1.95 bits per heavy atom. The van der Waals surface area contributed by atoms with Crippen molar-refractivity contribution in [3.8, 4) is 6.07 Å². The molecule has 4 nitrogen and oxygen atoms in total. The summed E-state index contributed by atoms with van der Waals surface area (Å²) < 4.78 is 4.65. The van der Waals surface area contributed by atoms with Gasteiger partial charge in [-0.15, -0.1) is 0 Å². The van der Waals surface area contributed by atoms with Crippen LogP contribution in [0.1, 0.15) is 27.5 Å². The van der Waals surface area contributed by atoms with Gasteiger partial charge in [0, 0.05) is 5.69 Å². The fourth-order valence-electron chi connectivity index (χ4n) is 2.02. The normalized spacial score (nSPS) is 11.3. The molecule has 0 spiro atoms. The molecule has 21 heavy (non-hydrogen) atoms. The van der Waals surface area contributed by atoms with Gasteiger partial charge in [0.1, 0.15) is 6.04 Å². The van der Waals surface area contributed by atoms with Crippen molar-refractivity contribution in [3.63, 3.8) is 0 Å². The molecule has 106 valence electrons. The highest BCUT2D eigenvalue weighted by molar-refractivity contribution is 5.89. The molecule has 0 aliphatic heterocycles.